The number of hydrogen-bond donors (Lipinski definition) is 2. The van der Waals surface area contributed by atoms with Crippen LogP contribution in [0.3, 0.4) is 0 Å². The van der Waals surface area contributed by atoms with Crippen molar-refractivity contribution in [1.29, 1.82) is 0 Å². The van der Waals surface area contributed by atoms with Gasteiger partial charge in [0, 0.05) is 12.6 Å². The minimum absolute atomic E-state index is 0.0645. The summed E-state index contributed by atoms with van der Waals surface area (Å²) in [4.78, 5) is 12.3. The normalized spacial score (nSPS) is 33.9. The molecule has 1 unspecified atom stereocenters. The molecule has 4 saturated carbocycles. The second-order valence-electron chi connectivity index (χ2n) is 8.78. The van der Waals surface area contributed by atoms with E-state index in [1.165, 1.54) is 50.7 Å². The Hall–Kier alpha value is -1.58. The Morgan fingerprint density at radius 3 is 2.24 bits per heavy atom. The number of halogens is 1. The van der Waals surface area contributed by atoms with Crippen LogP contribution in [0.1, 0.15) is 51.0 Å². The van der Waals surface area contributed by atoms with Crippen molar-refractivity contribution in [3.63, 3.8) is 0 Å². The van der Waals surface area contributed by atoms with Gasteiger partial charge in [-0.3, -0.25) is 0 Å². The summed E-state index contributed by atoms with van der Waals surface area (Å²) in [5, 5.41) is 6.19. The van der Waals surface area contributed by atoms with Crippen LogP contribution in [0.4, 0.5) is 9.18 Å². The molecule has 4 fully saturated rings. The summed E-state index contributed by atoms with van der Waals surface area (Å²) >= 11 is 0. The third-order valence-corrected chi connectivity index (χ3v) is 6.96. The Morgan fingerprint density at radius 1 is 1.12 bits per heavy atom. The van der Waals surface area contributed by atoms with Crippen LogP contribution in [0.2, 0.25) is 0 Å². The number of nitrogens with one attached hydrogen (secondary N) is 2. The SMILES string of the molecule is CC(NC(=O)NCCc1ccc(F)cc1)C12CC3CC(CC(C3)C1)C2. The second kappa shape index (κ2) is 6.62. The fraction of sp³-hybridized carbons (Fsp3) is 0.667. The molecule has 25 heavy (non-hydrogen) atoms. The average molecular weight is 344 g/mol. The summed E-state index contributed by atoms with van der Waals surface area (Å²) in [5.41, 5.74) is 1.37. The Bertz CT molecular complexity index is 592. The maximum Gasteiger partial charge on any atom is 0.315 e. The van der Waals surface area contributed by atoms with E-state index in [-0.39, 0.29) is 17.9 Å². The molecular formula is C21H29FN2O. The highest BCUT2D eigenvalue weighted by molar-refractivity contribution is 5.74. The average Bonchev–Trinajstić information content (AvgIpc) is 2.55. The molecule has 0 heterocycles. The number of urea groups is 1. The Balaban J connectivity index is 1.27. The van der Waals surface area contributed by atoms with E-state index in [1.807, 2.05) is 0 Å². The van der Waals surface area contributed by atoms with Crippen LogP contribution in [-0.4, -0.2) is 18.6 Å². The quantitative estimate of drug-likeness (QED) is 0.823. The fourth-order valence-electron chi connectivity index (χ4n) is 6.08. The van der Waals surface area contributed by atoms with Crippen molar-refractivity contribution in [2.45, 2.75) is 57.9 Å². The monoisotopic (exact) mass is 344 g/mol. The van der Waals surface area contributed by atoms with Gasteiger partial charge in [-0.05, 0) is 92.7 Å². The lowest BCUT2D eigenvalue weighted by Gasteiger charge is -2.59. The van der Waals surface area contributed by atoms with Crippen molar-refractivity contribution >= 4 is 6.03 Å². The molecule has 1 aromatic rings. The van der Waals surface area contributed by atoms with Gasteiger partial charge in [-0.25, -0.2) is 9.18 Å². The molecule has 3 nitrogen and oxygen atoms in total. The predicted molar refractivity (Wildman–Crippen MR) is 96.7 cm³/mol. The lowest BCUT2D eigenvalue weighted by Crippen LogP contribution is -2.57. The second-order valence-corrected chi connectivity index (χ2v) is 8.78. The highest BCUT2D eigenvalue weighted by atomic mass is 19.1. The summed E-state index contributed by atoms with van der Waals surface area (Å²) in [6.45, 7) is 2.78. The molecule has 1 atom stereocenters. The first kappa shape index (κ1) is 16.9. The molecule has 0 aromatic heterocycles. The maximum atomic E-state index is 12.9. The lowest BCUT2D eigenvalue weighted by atomic mass is 9.48. The first-order chi connectivity index (χ1) is 12.0. The zero-order chi connectivity index (χ0) is 17.4. The topological polar surface area (TPSA) is 41.1 Å². The molecule has 0 radical (unpaired) electrons. The first-order valence-corrected chi connectivity index (χ1v) is 9.81. The van der Waals surface area contributed by atoms with E-state index in [1.54, 1.807) is 12.1 Å². The summed E-state index contributed by atoms with van der Waals surface area (Å²) < 4.78 is 12.9. The van der Waals surface area contributed by atoms with Crippen LogP contribution in [0.25, 0.3) is 0 Å². The third-order valence-electron chi connectivity index (χ3n) is 6.96. The number of rotatable bonds is 5. The molecule has 4 bridgehead atoms. The Morgan fingerprint density at radius 2 is 1.68 bits per heavy atom. The molecule has 136 valence electrons. The largest absolute Gasteiger partial charge is 0.338 e. The van der Waals surface area contributed by atoms with Crippen LogP contribution in [-0.2, 0) is 6.42 Å². The van der Waals surface area contributed by atoms with Gasteiger partial charge in [-0.2, -0.15) is 0 Å². The number of carbonyl (C=O) groups is 1. The highest BCUT2D eigenvalue weighted by Crippen LogP contribution is 2.61. The van der Waals surface area contributed by atoms with Crippen molar-refractivity contribution < 1.29 is 9.18 Å². The first-order valence-electron chi connectivity index (χ1n) is 9.81. The van der Waals surface area contributed by atoms with E-state index < -0.39 is 0 Å². The van der Waals surface area contributed by atoms with Crippen LogP contribution >= 0.6 is 0 Å². The molecule has 5 rings (SSSR count). The van der Waals surface area contributed by atoms with E-state index in [2.05, 4.69) is 17.6 Å². The summed E-state index contributed by atoms with van der Waals surface area (Å²) in [6.07, 6.45) is 8.91. The molecule has 0 aliphatic heterocycles. The fourth-order valence-corrected chi connectivity index (χ4v) is 6.08. The van der Waals surface area contributed by atoms with Gasteiger partial charge >= 0.3 is 6.03 Å². The molecule has 4 aliphatic carbocycles. The van der Waals surface area contributed by atoms with Crippen LogP contribution < -0.4 is 10.6 Å². The molecule has 0 spiro atoms. The number of amides is 2. The van der Waals surface area contributed by atoms with Crippen molar-refractivity contribution in [2.75, 3.05) is 6.54 Å². The number of hydrogen-bond acceptors (Lipinski definition) is 1. The van der Waals surface area contributed by atoms with Crippen molar-refractivity contribution in [1.82, 2.24) is 10.6 Å². The molecule has 4 aliphatic rings. The summed E-state index contributed by atoms with van der Waals surface area (Å²) in [7, 11) is 0. The minimum Gasteiger partial charge on any atom is -0.338 e. The maximum absolute atomic E-state index is 12.9. The van der Waals surface area contributed by atoms with Gasteiger partial charge in [0.1, 0.15) is 5.82 Å². The van der Waals surface area contributed by atoms with Crippen molar-refractivity contribution in [2.24, 2.45) is 23.2 Å². The Labute approximate surface area is 149 Å². The lowest BCUT2D eigenvalue weighted by molar-refractivity contribution is -0.0682. The molecule has 0 saturated heterocycles. The standard InChI is InChI=1S/C21H29FN2O/c1-14(21-11-16-8-17(12-21)10-18(9-16)13-21)24-20(25)23-7-6-15-2-4-19(22)5-3-15/h2-5,14,16-18H,6-13H2,1H3,(H2,23,24,25). The van der Waals surface area contributed by atoms with E-state index in [0.717, 1.165) is 29.7 Å². The molecule has 2 N–H and O–H groups in total. The van der Waals surface area contributed by atoms with E-state index in [0.29, 0.717) is 12.0 Å². The van der Waals surface area contributed by atoms with Crippen LogP contribution in [0, 0.1) is 29.0 Å². The molecular weight excluding hydrogens is 315 g/mol. The van der Waals surface area contributed by atoms with Gasteiger partial charge in [0.05, 0.1) is 0 Å². The Kier molecular flexibility index (Phi) is 4.47. The third kappa shape index (κ3) is 3.54. The van der Waals surface area contributed by atoms with Gasteiger partial charge in [0.25, 0.3) is 0 Å². The van der Waals surface area contributed by atoms with Gasteiger partial charge in [-0.15, -0.1) is 0 Å². The molecule has 4 heteroatoms. The van der Waals surface area contributed by atoms with E-state index >= 15 is 0 Å². The molecule has 2 amide bonds. The van der Waals surface area contributed by atoms with Crippen LogP contribution in [0.5, 0.6) is 0 Å². The van der Waals surface area contributed by atoms with E-state index in [4.69, 9.17) is 0 Å². The van der Waals surface area contributed by atoms with Crippen LogP contribution in [0.15, 0.2) is 24.3 Å². The van der Waals surface area contributed by atoms with Gasteiger partial charge in [-0.1, -0.05) is 12.1 Å². The smallest absolute Gasteiger partial charge is 0.315 e. The van der Waals surface area contributed by atoms with Crippen molar-refractivity contribution in [3.05, 3.63) is 35.6 Å². The highest BCUT2D eigenvalue weighted by Gasteiger charge is 2.53. The number of carbonyl (C=O) groups excluding carboxylic acids is 1. The zero-order valence-corrected chi connectivity index (χ0v) is 15.1. The van der Waals surface area contributed by atoms with Gasteiger partial charge < -0.3 is 10.6 Å². The summed E-state index contributed by atoms with van der Waals surface area (Å²) in [6, 6.07) is 6.65. The summed E-state index contributed by atoms with van der Waals surface area (Å²) in [5.74, 6) is 2.48. The molecule has 1 aromatic carbocycles. The van der Waals surface area contributed by atoms with E-state index in [9.17, 15) is 9.18 Å². The van der Waals surface area contributed by atoms with Crippen molar-refractivity contribution in [3.8, 4) is 0 Å². The van der Waals surface area contributed by atoms with Gasteiger partial charge in [0.2, 0.25) is 0 Å². The zero-order valence-electron chi connectivity index (χ0n) is 15.1. The predicted octanol–water partition coefficient (Wildman–Crippen LogP) is 4.27. The van der Waals surface area contributed by atoms with Gasteiger partial charge in [0.15, 0.2) is 0 Å². The number of benzene rings is 1. The minimum atomic E-state index is -0.223.